The third kappa shape index (κ3) is 2.79. The number of amides is 2. The number of nitrogens with zero attached hydrogens (tertiary/aromatic N) is 1. The van der Waals surface area contributed by atoms with Crippen molar-refractivity contribution in [3.8, 4) is 0 Å². The molecule has 0 aromatic heterocycles. The van der Waals surface area contributed by atoms with Crippen LogP contribution < -0.4 is 10.2 Å². The summed E-state index contributed by atoms with van der Waals surface area (Å²) < 4.78 is 0.985. The molecule has 1 aliphatic heterocycles. The highest BCUT2D eigenvalue weighted by molar-refractivity contribution is 14.1. The molecule has 0 aliphatic carbocycles. The molecule has 1 N–H and O–H groups in total. The van der Waals surface area contributed by atoms with Gasteiger partial charge in [-0.05, 0) is 53.6 Å². The first-order valence-electron chi connectivity index (χ1n) is 6.41. The van der Waals surface area contributed by atoms with Gasteiger partial charge in [0.05, 0.1) is 10.7 Å². The van der Waals surface area contributed by atoms with Crippen LogP contribution in [0, 0.1) is 9.49 Å². The average molecular weight is 407 g/mol. The Balaban J connectivity index is 2.46. The lowest BCUT2D eigenvalue weighted by molar-refractivity contribution is -0.134. The van der Waals surface area contributed by atoms with Gasteiger partial charge in [-0.3, -0.25) is 14.5 Å². The van der Waals surface area contributed by atoms with Crippen molar-refractivity contribution in [1.82, 2.24) is 5.32 Å². The quantitative estimate of drug-likeness (QED) is 0.768. The number of carbonyl (C=O) groups is 2. The minimum Gasteiger partial charge on any atom is -0.342 e. The lowest BCUT2D eigenvalue weighted by Gasteiger charge is -2.39. The molecule has 0 bridgehead atoms. The smallest absolute Gasteiger partial charge is 0.250 e. The second-order valence-corrected chi connectivity index (χ2v) is 6.86. The topological polar surface area (TPSA) is 49.4 Å². The number of anilines is 1. The zero-order chi connectivity index (χ0) is 15.0. The fraction of sp³-hybridized carbons (Fsp3) is 0.429. The van der Waals surface area contributed by atoms with Gasteiger partial charge in [-0.2, -0.15) is 0 Å². The Morgan fingerprint density at radius 1 is 1.35 bits per heavy atom. The molecule has 20 heavy (non-hydrogen) atoms. The largest absolute Gasteiger partial charge is 0.342 e. The highest BCUT2D eigenvalue weighted by Gasteiger charge is 2.40. The predicted molar refractivity (Wildman–Crippen MR) is 87.9 cm³/mol. The molecule has 2 unspecified atom stereocenters. The second kappa shape index (κ2) is 5.89. The minimum absolute atomic E-state index is 0.0315. The summed E-state index contributed by atoms with van der Waals surface area (Å²) >= 11 is 8.39. The Kier molecular flexibility index (Phi) is 4.59. The molecule has 1 fully saturated rings. The third-order valence-electron chi connectivity index (χ3n) is 3.40. The van der Waals surface area contributed by atoms with E-state index in [9.17, 15) is 9.59 Å². The molecule has 1 heterocycles. The first-order chi connectivity index (χ1) is 9.32. The summed E-state index contributed by atoms with van der Waals surface area (Å²) in [6.45, 7) is 5.52. The van der Waals surface area contributed by atoms with Crippen LogP contribution in [0.1, 0.15) is 20.8 Å². The van der Waals surface area contributed by atoms with Crippen molar-refractivity contribution in [1.29, 1.82) is 0 Å². The Labute approximate surface area is 137 Å². The first kappa shape index (κ1) is 15.6. The van der Waals surface area contributed by atoms with Crippen molar-refractivity contribution in [3.63, 3.8) is 0 Å². The van der Waals surface area contributed by atoms with Crippen LogP contribution in [0.15, 0.2) is 18.2 Å². The van der Waals surface area contributed by atoms with Crippen molar-refractivity contribution in [2.45, 2.75) is 32.9 Å². The fourth-order valence-electron chi connectivity index (χ4n) is 2.25. The molecular weight excluding hydrogens is 391 g/mol. The number of piperazine rings is 1. The highest BCUT2D eigenvalue weighted by Crippen LogP contribution is 2.31. The van der Waals surface area contributed by atoms with Crippen LogP contribution in [0.4, 0.5) is 5.69 Å². The Morgan fingerprint density at radius 2 is 2.00 bits per heavy atom. The molecule has 1 saturated heterocycles. The van der Waals surface area contributed by atoms with Gasteiger partial charge in [0, 0.05) is 3.57 Å². The van der Waals surface area contributed by atoms with Gasteiger partial charge in [-0.25, -0.2) is 0 Å². The summed E-state index contributed by atoms with van der Waals surface area (Å²) in [5.74, 6) is -0.239. The molecule has 6 heteroatoms. The summed E-state index contributed by atoms with van der Waals surface area (Å²) in [4.78, 5) is 26.2. The molecule has 0 radical (unpaired) electrons. The van der Waals surface area contributed by atoms with Crippen molar-refractivity contribution in [3.05, 3.63) is 26.8 Å². The van der Waals surface area contributed by atoms with Gasteiger partial charge in [0.15, 0.2) is 0 Å². The number of carbonyl (C=O) groups excluding carboxylic acids is 2. The zero-order valence-corrected chi connectivity index (χ0v) is 14.4. The molecular formula is C14H16ClIN2O2. The Bertz CT molecular complexity index is 562. The second-order valence-electron chi connectivity index (χ2n) is 5.21. The molecule has 2 amide bonds. The Morgan fingerprint density at radius 3 is 2.55 bits per heavy atom. The zero-order valence-electron chi connectivity index (χ0n) is 11.5. The summed E-state index contributed by atoms with van der Waals surface area (Å²) in [7, 11) is 0. The van der Waals surface area contributed by atoms with Crippen LogP contribution in [0.5, 0.6) is 0 Å². The number of nitrogens with one attached hydrogen (secondary N) is 1. The molecule has 2 rings (SSSR count). The maximum absolute atomic E-state index is 12.6. The van der Waals surface area contributed by atoms with E-state index in [2.05, 4.69) is 27.9 Å². The van der Waals surface area contributed by atoms with Crippen LogP contribution in [0.25, 0.3) is 0 Å². The van der Waals surface area contributed by atoms with E-state index in [1.165, 1.54) is 4.90 Å². The van der Waals surface area contributed by atoms with Gasteiger partial charge in [-0.1, -0.05) is 25.4 Å². The van der Waals surface area contributed by atoms with E-state index in [1.54, 1.807) is 19.1 Å². The van der Waals surface area contributed by atoms with Gasteiger partial charge in [-0.15, -0.1) is 0 Å². The number of rotatable bonds is 2. The first-order valence-corrected chi connectivity index (χ1v) is 7.87. The molecule has 2 atom stereocenters. The lowest BCUT2D eigenvalue weighted by Crippen LogP contribution is -2.64. The predicted octanol–water partition coefficient (Wildman–Crippen LogP) is 2.82. The van der Waals surface area contributed by atoms with E-state index >= 15 is 0 Å². The van der Waals surface area contributed by atoms with Crippen molar-refractivity contribution in [2.75, 3.05) is 4.90 Å². The maximum atomic E-state index is 12.6. The Hall–Kier alpha value is -0.820. The molecule has 1 aromatic rings. The van der Waals surface area contributed by atoms with Gasteiger partial charge in [0.25, 0.3) is 5.91 Å². The van der Waals surface area contributed by atoms with Crippen LogP contribution in [-0.4, -0.2) is 23.9 Å². The highest BCUT2D eigenvalue weighted by atomic mass is 127. The molecule has 1 aromatic carbocycles. The monoisotopic (exact) mass is 406 g/mol. The third-order valence-corrected chi connectivity index (χ3v) is 4.38. The van der Waals surface area contributed by atoms with E-state index in [4.69, 9.17) is 11.6 Å². The number of benzene rings is 1. The number of hydrogen-bond acceptors (Lipinski definition) is 2. The van der Waals surface area contributed by atoms with E-state index in [0.29, 0.717) is 10.7 Å². The summed E-state index contributed by atoms with van der Waals surface area (Å²) in [6.07, 6.45) is 0. The minimum atomic E-state index is -0.560. The van der Waals surface area contributed by atoms with Gasteiger partial charge in [0.1, 0.15) is 12.1 Å². The van der Waals surface area contributed by atoms with Gasteiger partial charge >= 0.3 is 0 Å². The summed E-state index contributed by atoms with van der Waals surface area (Å²) in [6, 6.07) is 4.38. The van der Waals surface area contributed by atoms with E-state index < -0.39 is 12.1 Å². The van der Waals surface area contributed by atoms with Crippen LogP contribution in [-0.2, 0) is 9.59 Å². The van der Waals surface area contributed by atoms with Crippen molar-refractivity contribution >= 4 is 51.7 Å². The van der Waals surface area contributed by atoms with Crippen molar-refractivity contribution in [2.24, 2.45) is 5.92 Å². The van der Waals surface area contributed by atoms with Crippen LogP contribution in [0.3, 0.4) is 0 Å². The normalized spacial score (nSPS) is 23.2. The molecule has 108 valence electrons. The maximum Gasteiger partial charge on any atom is 0.250 e. The molecule has 0 spiro atoms. The van der Waals surface area contributed by atoms with Crippen molar-refractivity contribution < 1.29 is 9.59 Å². The number of halogens is 2. The van der Waals surface area contributed by atoms with Crippen LogP contribution in [0.2, 0.25) is 5.02 Å². The SMILES string of the molecule is CC(C)C1NC(=O)C(C)N(c2ccc(I)cc2Cl)C1=O. The summed E-state index contributed by atoms with van der Waals surface area (Å²) in [5, 5.41) is 3.25. The molecule has 1 aliphatic rings. The number of hydrogen-bond donors (Lipinski definition) is 1. The van der Waals surface area contributed by atoms with Crippen LogP contribution >= 0.6 is 34.2 Å². The van der Waals surface area contributed by atoms with Gasteiger partial charge < -0.3 is 5.32 Å². The molecule has 4 nitrogen and oxygen atoms in total. The fourth-order valence-corrected chi connectivity index (χ4v) is 3.20. The van der Waals surface area contributed by atoms with Gasteiger partial charge in [0.2, 0.25) is 5.91 Å². The van der Waals surface area contributed by atoms with E-state index in [1.807, 2.05) is 19.9 Å². The average Bonchev–Trinajstić information content (AvgIpc) is 2.36. The van der Waals surface area contributed by atoms with E-state index in [0.717, 1.165) is 3.57 Å². The lowest BCUT2D eigenvalue weighted by atomic mass is 9.98. The molecule has 0 saturated carbocycles. The standard InChI is InChI=1S/C14H16ClIN2O2/c1-7(2)12-14(20)18(8(3)13(19)17-12)11-5-4-9(16)6-10(11)15/h4-8,12H,1-3H3,(H,17,19). The summed E-state index contributed by atoms with van der Waals surface area (Å²) in [5.41, 5.74) is 0.588. The van der Waals surface area contributed by atoms with E-state index in [-0.39, 0.29) is 17.7 Å².